The van der Waals surface area contributed by atoms with Crippen LogP contribution < -0.4 is 16.0 Å². The first-order valence-corrected chi connectivity index (χ1v) is 9.32. The Morgan fingerprint density at radius 1 is 1.38 bits per heavy atom. The Bertz CT molecular complexity index is 652. The number of alkyl carbamates (subject to hydrolysis) is 1. The third kappa shape index (κ3) is 6.18. The van der Waals surface area contributed by atoms with Gasteiger partial charge in [-0.05, 0) is 70.3 Å². The van der Waals surface area contributed by atoms with E-state index in [0.29, 0.717) is 11.6 Å². The summed E-state index contributed by atoms with van der Waals surface area (Å²) >= 11 is 6.14. The van der Waals surface area contributed by atoms with Gasteiger partial charge in [0.1, 0.15) is 5.60 Å². The molecular weight excluding hydrogens is 354 g/mol. The van der Waals surface area contributed by atoms with Crippen LogP contribution in [0.15, 0.2) is 18.2 Å². The van der Waals surface area contributed by atoms with Crippen LogP contribution in [0.2, 0.25) is 5.02 Å². The largest absolute Gasteiger partial charge is 0.444 e. The molecule has 2 amide bonds. The van der Waals surface area contributed by atoms with Crippen LogP contribution in [-0.2, 0) is 16.1 Å². The van der Waals surface area contributed by atoms with Crippen LogP contribution >= 0.6 is 11.6 Å². The molecular formula is C19H28ClN3O3. The number of carbonyl (C=O) groups is 2. The van der Waals surface area contributed by atoms with E-state index in [9.17, 15) is 9.59 Å². The second kappa shape index (κ2) is 8.73. The van der Waals surface area contributed by atoms with Crippen molar-refractivity contribution in [3.63, 3.8) is 0 Å². The number of halogens is 1. The number of ether oxygens (including phenoxy) is 1. The summed E-state index contributed by atoms with van der Waals surface area (Å²) in [6.07, 6.45) is 1.38. The second-order valence-electron chi connectivity index (χ2n) is 7.58. The first-order valence-electron chi connectivity index (χ1n) is 8.94. The van der Waals surface area contributed by atoms with E-state index in [4.69, 9.17) is 16.3 Å². The lowest BCUT2D eigenvalue weighted by atomic mass is 10.0. The molecule has 2 unspecified atom stereocenters. The summed E-state index contributed by atoms with van der Waals surface area (Å²) in [6.45, 7) is 8.52. The molecule has 0 bridgehead atoms. The van der Waals surface area contributed by atoms with E-state index < -0.39 is 11.7 Å². The number of carbonyl (C=O) groups excluding carboxylic acids is 2. The topological polar surface area (TPSA) is 79.5 Å². The van der Waals surface area contributed by atoms with Crippen LogP contribution in [0, 0.1) is 0 Å². The van der Waals surface area contributed by atoms with Crippen molar-refractivity contribution in [1.29, 1.82) is 0 Å². The van der Waals surface area contributed by atoms with Gasteiger partial charge in [-0.1, -0.05) is 17.7 Å². The lowest BCUT2D eigenvalue weighted by molar-refractivity contribution is -0.123. The third-order valence-electron chi connectivity index (χ3n) is 4.13. The van der Waals surface area contributed by atoms with Crippen LogP contribution in [0.5, 0.6) is 0 Å². The molecule has 1 aliphatic rings. The van der Waals surface area contributed by atoms with Crippen LogP contribution in [-0.4, -0.2) is 30.2 Å². The van der Waals surface area contributed by atoms with E-state index in [1.165, 1.54) is 0 Å². The van der Waals surface area contributed by atoms with Crippen molar-refractivity contribution in [2.45, 2.75) is 64.8 Å². The fourth-order valence-electron chi connectivity index (χ4n) is 2.91. The predicted octanol–water partition coefficient (Wildman–Crippen LogP) is 3.29. The molecule has 1 heterocycles. The Morgan fingerprint density at radius 3 is 2.73 bits per heavy atom. The third-order valence-corrected chi connectivity index (χ3v) is 4.37. The summed E-state index contributed by atoms with van der Waals surface area (Å²) in [7, 11) is 0. The summed E-state index contributed by atoms with van der Waals surface area (Å²) in [5.41, 5.74) is 1.20. The zero-order valence-corrected chi connectivity index (χ0v) is 16.6. The standard InChI is InChI=1S/C19H28ClN3O3/c1-12(23-17(24)16-6-5-9-21-16)15-10-14(20)8-7-13(15)11-22-18(25)26-19(2,3)4/h7-8,10,12,16,21H,5-6,9,11H2,1-4H3,(H,22,25)(H,23,24). The quantitative estimate of drug-likeness (QED) is 0.731. The maximum Gasteiger partial charge on any atom is 0.407 e. The Kier molecular flexibility index (Phi) is 6.89. The van der Waals surface area contributed by atoms with Gasteiger partial charge in [-0.3, -0.25) is 4.79 Å². The second-order valence-corrected chi connectivity index (χ2v) is 8.01. The molecule has 1 aromatic rings. The highest BCUT2D eigenvalue weighted by Gasteiger charge is 2.24. The van der Waals surface area contributed by atoms with Gasteiger partial charge in [0.2, 0.25) is 5.91 Å². The van der Waals surface area contributed by atoms with Gasteiger partial charge in [0.15, 0.2) is 0 Å². The molecule has 2 atom stereocenters. The highest BCUT2D eigenvalue weighted by molar-refractivity contribution is 6.30. The molecule has 0 aromatic heterocycles. The molecule has 1 aliphatic heterocycles. The van der Waals surface area contributed by atoms with Gasteiger partial charge in [0.25, 0.3) is 0 Å². The van der Waals surface area contributed by atoms with Crippen molar-refractivity contribution >= 4 is 23.6 Å². The van der Waals surface area contributed by atoms with Crippen molar-refractivity contribution in [1.82, 2.24) is 16.0 Å². The number of amides is 2. The van der Waals surface area contributed by atoms with E-state index in [2.05, 4.69) is 16.0 Å². The lowest BCUT2D eigenvalue weighted by Crippen LogP contribution is -2.41. The van der Waals surface area contributed by atoms with E-state index in [1.807, 2.05) is 39.8 Å². The fourth-order valence-corrected chi connectivity index (χ4v) is 3.09. The van der Waals surface area contributed by atoms with Crippen LogP contribution in [0.1, 0.15) is 57.7 Å². The SMILES string of the molecule is CC(NC(=O)C1CCCN1)c1cc(Cl)ccc1CNC(=O)OC(C)(C)C. The highest BCUT2D eigenvalue weighted by Crippen LogP contribution is 2.23. The van der Waals surface area contributed by atoms with Crippen molar-refractivity contribution in [3.05, 3.63) is 34.3 Å². The maximum atomic E-state index is 12.4. The van der Waals surface area contributed by atoms with Crippen molar-refractivity contribution in [3.8, 4) is 0 Å². The summed E-state index contributed by atoms with van der Waals surface area (Å²) < 4.78 is 5.26. The zero-order valence-electron chi connectivity index (χ0n) is 15.8. The maximum absolute atomic E-state index is 12.4. The molecule has 1 saturated heterocycles. The van der Waals surface area contributed by atoms with E-state index >= 15 is 0 Å². The molecule has 7 heteroatoms. The van der Waals surface area contributed by atoms with E-state index in [0.717, 1.165) is 30.5 Å². The molecule has 0 radical (unpaired) electrons. The van der Waals surface area contributed by atoms with Gasteiger partial charge >= 0.3 is 6.09 Å². The normalized spacial score (nSPS) is 18.3. The number of benzene rings is 1. The monoisotopic (exact) mass is 381 g/mol. The molecule has 1 aromatic carbocycles. The summed E-state index contributed by atoms with van der Waals surface area (Å²) in [5, 5.41) is 9.55. The van der Waals surface area contributed by atoms with E-state index in [1.54, 1.807) is 6.07 Å². The van der Waals surface area contributed by atoms with E-state index in [-0.39, 0.29) is 18.0 Å². The molecule has 0 saturated carbocycles. The Labute approximate surface area is 160 Å². The number of hydrogen-bond donors (Lipinski definition) is 3. The average molecular weight is 382 g/mol. The zero-order chi connectivity index (χ0) is 19.3. The molecule has 0 aliphatic carbocycles. The Hall–Kier alpha value is -1.79. The molecule has 6 nitrogen and oxygen atoms in total. The summed E-state index contributed by atoms with van der Waals surface area (Å²) in [6, 6.07) is 5.08. The number of nitrogens with one attached hydrogen (secondary N) is 3. The van der Waals surface area contributed by atoms with Crippen molar-refractivity contribution in [2.75, 3.05) is 6.54 Å². The van der Waals surface area contributed by atoms with Crippen molar-refractivity contribution < 1.29 is 14.3 Å². The number of hydrogen-bond acceptors (Lipinski definition) is 4. The molecule has 2 rings (SSSR count). The Morgan fingerprint density at radius 2 is 2.12 bits per heavy atom. The molecule has 3 N–H and O–H groups in total. The average Bonchev–Trinajstić information content (AvgIpc) is 3.06. The summed E-state index contributed by atoms with van der Waals surface area (Å²) in [4.78, 5) is 24.2. The minimum absolute atomic E-state index is 0.0129. The fraction of sp³-hybridized carbons (Fsp3) is 0.579. The lowest BCUT2D eigenvalue weighted by Gasteiger charge is -2.22. The van der Waals surface area contributed by atoms with Gasteiger partial charge < -0.3 is 20.7 Å². The van der Waals surface area contributed by atoms with Crippen LogP contribution in [0.4, 0.5) is 4.79 Å². The molecule has 144 valence electrons. The first-order chi connectivity index (χ1) is 12.2. The highest BCUT2D eigenvalue weighted by atomic mass is 35.5. The number of rotatable bonds is 5. The van der Waals surface area contributed by atoms with Gasteiger partial charge in [-0.15, -0.1) is 0 Å². The van der Waals surface area contributed by atoms with Crippen LogP contribution in [0.3, 0.4) is 0 Å². The minimum Gasteiger partial charge on any atom is -0.444 e. The smallest absolute Gasteiger partial charge is 0.407 e. The van der Waals surface area contributed by atoms with Gasteiger partial charge in [0, 0.05) is 11.6 Å². The molecule has 0 spiro atoms. The van der Waals surface area contributed by atoms with Gasteiger partial charge in [0.05, 0.1) is 12.1 Å². The first kappa shape index (κ1) is 20.5. The van der Waals surface area contributed by atoms with Gasteiger partial charge in [-0.2, -0.15) is 0 Å². The molecule has 1 fully saturated rings. The Balaban J connectivity index is 2.03. The summed E-state index contributed by atoms with van der Waals surface area (Å²) in [5.74, 6) is -0.0129. The van der Waals surface area contributed by atoms with Crippen molar-refractivity contribution in [2.24, 2.45) is 0 Å². The predicted molar refractivity (Wildman–Crippen MR) is 102 cm³/mol. The molecule has 26 heavy (non-hydrogen) atoms. The minimum atomic E-state index is -0.553. The van der Waals surface area contributed by atoms with Gasteiger partial charge in [-0.25, -0.2) is 4.79 Å². The van der Waals surface area contributed by atoms with Crippen LogP contribution in [0.25, 0.3) is 0 Å².